The Morgan fingerprint density at radius 3 is 2.65 bits per heavy atom. The number of aromatic nitrogens is 1. The highest BCUT2D eigenvalue weighted by Crippen LogP contribution is 2.28. The molecule has 0 radical (unpaired) electrons. The fourth-order valence-corrected chi connectivity index (χ4v) is 4.27. The van der Waals surface area contributed by atoms with Crippen molar-refractivity contribution < 1.29 is 9.53 Å². The Hall–Kier alpha value is -1.75. The molecule has 5 heteroatoms. The third-order valence-electron chi connectivity index (χ3n) is 4.01. The van der Waals surface area contributed by atoms with Crippen LogP contribution in [0.25, 0.3) is 10.9 Å². The summed E-state index contributed by atoms with van der Waals surface area (Å²) in [6.07, 6.45) is 4.60. The van der Waals surface area contributed by atoms with Crippen LogP contribution in [-0.4, -0.2) is 32.0 Å². The number of fused-ring (bicyclic) bond motifs is 1. The smallest absolute Gasteiger partial charge is 0.219 e. The maximum Gasteiger partial charge on any atom is 0.219 e. The van der Waals surface area contributed by atoms with Gasteiger partial charge in [0.1, 0.15) is 5.75 Å². The van der Waals surface area contributed by atoms with Crippen molar-refractivity contribution in [3.05, 3.63) is 30.0 Å². The van der Waals surface area contributed by atoms with Crippen molar-refractivity contribution in [3.63, 3.8) is 0 Å². The Kier molecular flexibility index (Phi) is 5.52. The van der Waals surface area contributed by atoms with Crippen molar-refractivity contribution in [2.24, 2.45) is 0 Å². The predicted molar refractivity (Wildman–Crippen MR) is 98.9 cm³/mol. The second kappa shape index (κ2) is 7.21. The summed E-state index contributed by atoms with van der Waals surface area (Å²) in [5.41, 5.74) is 2.54. The molecular formula is C18H28N2O2Si. The highest BCUT2D eigenvalue weighted by molar-refractivity contribution is 6.75. The monoisotopic (exact) mass is 332 g/mol. The molecule has 2 rings (SSSR count). The lowest BCUT2D eigenvalue weighted by molar-refractivity contribution is -0.121. The highest BCUT2D eigenvalue weighted by Gasteiger charge is 2.20. The molecule has 2 aromatic rings. The summed E-state index contributed by atoms with van der Waals surface area (Å²) >= 11 is 0. The molecule has 1 N–H and O–H groups in total. The van der Waals surface area contributed by atoms with Crippen LogP contribution in [0.3, 0.4) is 0 Å². The molecule has 4 nitrogen and oxygen atoms in total. The van der Waals surface area contributed by atoms with E-state index in [2.05, 4.69) is 47.5 Å². The number of hydrogen-bond donors (Lipinski definition) is 1. The van der Waals surface area contributed by atoms with Gasteiger partial charge in [0, 0.05) is 23.9 Å². The van der Waals surface area contributed by atoms with E-state index in [1.165, 1.54) is 16.5 Å². The lowest BCUT2D eigenvalue weighted by Crippen LogP contribution is -2.31. The van der Waals surface area contributed by atoms with E-state index >= 15 is 0 Å². The van der Waals surface area contributed by atoms with Crippen LogP contribution in [0.2, 0.25) is 19.6 Å². The molecule has 0 bridgehead atoms. The molecule has 23 heavy (non-hydrogen) atoms. The zero-order chi connectivity index (χ0) is 17.0. The van der Waals surface area contributed by atoms with Crippen LogP contribution in [0.5, 0.6) is 5.75 Å². The van der Waals surface area contributed by atoms with Gasteiger partial charge in [-0.2, -0.15) is 0 Å². The van der Waals surface area contributed by atoms with Crippen LogP contribution in [0.1, 0.15) is 25.3 Å². The second-order valence-electron chi connectivity index (χ2n) is 6.93. The first-order chi connectivity index (χ1) is 10.9. The third kappa shape index (κ3) is 4.16. The van der Waals surface area contributed by atoms with Gasteiger partial charge in [0.2, 0.25) is 5.91 Å². The number of nitrogens with one attached hydrogen (secondary N) is 1. The van der Waals surface area contributed by atoms with E-state index in [-0.39, 0.29) is 5.91 Å². The Morgan fingerprint density at radius 1 is 1.30 bits per heavy atom. The number of nitrogens with zero attached hydrogens (tertiary/aromatic N) is 1. The molecule has 0 aliphatic carbocycles. The van der Waals surface area contributed by atoms with E-state index < -0.39 is 8.24 Å². The van der Waals surface area contributed by atoms with E-state index in [1.807, 2.05) is 13.0 Å². The van der Waals surface area contributed by atoms with Crippen molar-refractivity contribution >= 4 is 25.0 Å². The molecule has 0 saturated carbocycles. The molecule has 0 fully saturated rings. The van der Waals surface area contributed by atoms with Crippen molar-refractivity contribution in [1.29, 1.82) is 0 Å². The lowest BCUT2D eigenvalue weighted by Gasteiger charge is -2.20. The molecule has 126 valence electrons. The molecular weight excluding hydrogens is 304 g/mol. The van der Waals surface area contributed by atoms with E-state index in [0.29, 0.717) is 13.0 Å². The van der Waals surface area contributed by atoms with Crippen molar-refractivity contribution in [2.75, 3.05) is 13.7 Å². The van der Waals surface area contributed by atoms with Crippen LogP contribution in [0.4, 0.5) is 0 Å². The molecule has 1 aromatic carbocycles. The normalized spacial score (nSPS) is 11.7. The Morgan fingerprint density at radius 2 is 2.04 bits per heavy atom. The molecule has 1 amide bonds. The van der Waals surface area contributed by atoms with Gasteiger partial charge < -0.3 is 14.3 Å². The first kappa shape index (κ1) is 17.6. The number of amides is 1. The first-order valence-electron chi connectivity index (χ1n) is 8.32. The minimum absolute atomic E-state index is 0.138. The molecule has 0 atom stereocenters. The van der Waals surface area contributed by atoms with E-state index in [0.717, 1.165) is 18.6 Å². The number of hydrogen-bond acceptors (Lipinski definition) is 2. The zero-order valence-electron chi connectivity index (χ0n) is 14.9. The summed E-state index contributed by atoms with van der Waals surface area (Å²) < 4.78 is 7.81. The number of carbonyl (C=O) groups excluding carboxylic acids is 1. The van der Waals surface area contributed by atoms with Gasteiger partial charge in [-0.1, -0.05) is 26.6 Å². The van der Waals surface area contributed by atoms with E-state index in [9.17, 15) is 4.79 Å². The fourth-order valence-electron chi connectivity index (χ4n) is 2.81. The second-order valence-corrected chi connectivity index (χ2v) is 11.8. The van der Waals surface area contributed by atoms with E-state index in [4.69, 9.17) is 4.74 Å². The van der Waals surface area contributed by atoms with Gasteiger partial charge in [-0.25, -0.2) is 0 Å². The van der Waals surface area contributed by atoms with Crippen molar-refractivity contribution in [2.45, 2.75) is 45.8 Å². The molecule has 1 heterocycles. The lowest BCUT2D eigenvalue weighted by atomic mass is 10.1. The van der Waals surface area contributed by atoms with Gasteiger partial charge >= 0.3 is 0 Å². The largest absolute Gasteiger partial charge is 0.497 e. The van der Waals surface area contributed by atoms with E-state index in [1.54, 1.807) is 7.11 Å². The summed E-state index contributed by atoms with van der Waals surface area (Å²) in [5, 5.41) is 4.24. The third-order valence-corrected chi connectivity index (χ3v) is 5.83. The number of methoxy groups -OCH3 is 1. The molecule has 1 aromatic heterocycles. The quantitative estimate of drug-likeness (QED) is 0.784. The average molecular weight is 333 g/mol. The minimum atomic E-state index is -1.49. The van der Waals surface area contributed by atoms with Crippen LogP contribution in [0.15, 0.2) is 24.4 Å². The summed E-state index contributed by atoms with van der Waals surface area (Å²) in [6, 6.07) is 6.27. The number of ether oxygens (including phenoxy) is 1. The Labute approximate surface area is 139 Å². The molecule has 0 aliphatic rings. The molecule has 0 unspecified atom stereocenters. The minimum Gasteiger partial charge on any atom is -0.497 e. The van der Waals surface area contributed by atoms with Gasteiger partial charge in [-0.3, -0.25) is 4.79 Å². The van der Waals surface area contributed by atoms with Gasteiger partial charge in [0.15, 0.2) is 8.24 Å². The topological polar surface area (TPSA) is 43.3 Å². The van der Waals surface area contributed by atoms with Gasteiger partial charge in [0.25, 0.3) is 0 Å². The van der Waals surface area contributed by atoms with Gasteiger partial charge in [-0.05, 0) is 42.8 Å². The molecule has 0 spiro atoms. The predicted octanol–water partition coefficient (Wildman–Crippen LogP) is 3.79. The Balaban J connectivity index is 2.29. The summed E-state index contributed by atoms with van der Waals surface area (Å²) in [4.78, 5) is 11.6. The fraction of sp³-hybridized carbons (Fsp3) is 0.500. The van der Waals surface area contributed by atoms with Crippen LogP contribution >= 0.6 is 0 Å². The zero-order valence-corrected chi connectivity index (χ0v) is 15.9. The van der Waals surface area contributed by atoms with Crippen LogP contribution < -0.4 is 10.1 Å². The summed E-state index contributed by atoms with van der Waals surface area (Å²) in [6.45, 7) is 9.71. The van der Waals surface area contributed by atoms with Crippen LogP contribution in [-0.2, 0) is 11.2 Å². The molecule has 0 saturated heterocycles. The van der Waals surface area contributed by atoms with Crippen molar-refractivity contribution in [3.8, 4) is 5.75 Å². The van der Waals surface area contributed by atoms with Gasteiger partial charge in [-0.15, -0.1) is 0 Å². The average Bonchev–Trinajstić information content (AvgIpc) is 2.86. The maximum atomic E-state index is 11.6. The summed E-state index contributed by atoms with van der Waals surface area (Å²) in [5.74, 6) is 1.01. The summed E-state index contributed by atoms with van der Waals surface area (Å²) in [7, 11) is 0.206. The number of carbonyl (C=O) groups is 1. The highest BCUT2D eigenvalue weighted by atomic mass is 28.3. The number of benzene rings is 1. The number of rotatable bonds is 7. The SMILES string of the molecule is CCCC(=O)NCCc1cn([Si](C)(C)C)c2ccc(OC)cc12. The Bertz CT molecular complexity index is 686. The van der Waals surface area contributed by atoms with Crippen LogP contribution in [0, 0.1) is 0 Å². The maximum absolute atomic E-state index is 11.6. The first-order valence-corrected chi connectivity index (χ1v) is 11.8. The molecule has 0 aliphatic heterocycles. The standard InChI is InChI=1S/C18H28N2O2Si/c1-6-7-18(21)19-11-10-14-13-20(23(3,4)5)17-9-8-15(22-2)12-16(14)17/h8-9,12-13H,6-7,10-11H2,1-5H3,(H,19,21). The van der Waals surface area contributed by atoms with Crippen molar-refractivity contribution in [1.82, 2.24) is 9.55 Å². The van der Waals surface area contributed by atoms with Gasteiger partial charge in [0.05, 0.1) is 7.11 Å².